The lowest BCUT2D eigenvalue weighted by atomic mass is 9.96. The molecule has 0 saturated carbocycles. The van der Waals surface area contributed by atoms with Crippen molar-refractivity contribution in [1.82, 2.24) is 4.90 Å². The van der Waals surface area contributed by atoms with Crippen LogP contribution in [0.3, 0.4) is 0 Å². The molecule has 9 heteroatoms. The summed E-state index contributed by atoms with van der Waals surface area (Å²) in [6.07, 6.45) is 3.36. The zero-order valence-corrected chi connectivity index (χ0v) is 23.0. The van der Waals surface area contributed by atoms with Gasteiger partial charge in [-0.3, -0.25) is 9.59 Å². The number of carbonyl (C=O) groups excluding carboxylic acids is 1. The van der Waals surface area contributed by atoms with Gasteiger partial charge in [0.05, 0.1) is 42.2 Å². The minimum atomic E-state index is -3.29. The SMILES string of the molecule is CCCCCOc1ccc(C2c3c(oc4c(C)cc(C)cc4c3=O)C(=O)N2C2CCS(=O)(=O)C2)cc1OC. The highest BCUT2D eigenvalue weighted by Crippen LogP contribution is 2.43. The highest BCUT2D eigenvalue weighted by molar-refractivity contribution is 7.91. The second kappa shape index (κ2) is 10.1. The summed E-state index contributed by atoms with van der Waals surface area (Å²) in [7, 11) is -1.75. The molecule has 3 heterocycles. The van der Waals surface area contributed by atoms with E-state index in [2.05, 4.69) is 6.92 Å². The molecule has 2 aliphatic rings. The minimum Gasteiger partial charge on any atom is -0.493 e. The molecule has 2 unspecified atom stereocenters. The van der Waals surface area contributed by atoms with Crippen LogP contribution in [0.25, 0.3) is 11.0 Å². The Bertz CT molecular complexity index is 1570. The monoisotopic (exact) mass is 539 g/mol. The van der Waals surface area contributed by atoms with Crippen LogP contribution in [0.5, 0.6) is 11.5 Å². The van der Waals surface area contributed by atoms with E-state index < -0.39 is 27.8 Å². The number of sulfone groups is 1. The van der Waals surface area contributed by atoms with Crippen LogP contribution in [0.15, 0.2) is 39.5 Å². The summed E-state index contributed by atoms with van der Waals surface area (Å²) in [6.45, 7) is 6.42. The second-order valence-corrected chi connectivity index (χ2v) is 12.5. The number of fused-ring (bicyclic) bond motifs is 2. The van der Waals surface area contributed by atoms with E-state index in [0.717, 1.165) is 30.4 Å². The Labute approximate surface area is 222 Å². The number of carbonyl (C=O) groups is 1. The van der Waals surface area contributed by atoms with Crippen LogP contribution in [0.1, 0.15) is 71.5 Å². The first-order chi connectivity index (χ1) is 18.1. The molecule has 3 aromatic rings. The number of ether oxygens (including phenoxy) is 2. The van der Waals surface area contributed by atoms with Gasteiger partial charge in [0.15, 0.2) is 26.8 Å². The summed E-state index contributed by atoms with van der Waals surface area (Å²) >= 11 is 0. The van der Waals surface area contributed by atoms with Gasteiger partial charge in [-0.2, -0.15) is 0 Å². The minimum absolute atomic E-state index is 0.0000241. The average molecular weight is 540 g/mol. The van der Waals surface area contributed by atoms with Gasteiger partial charge >= 0.3 is 0 Å². The third-order valence-corrected chi connectivity index (χ3v) is 9.20. The van der Waals surface area contributed by atoms with Crippen LogP contribution in [0, 0.1) is 13.8 Å². The first-order valence-electron chi connectivity index (χ1n) is 13.1. The van der Waals surface area contributed by atoms with Crippen molar-refractivity contribution in [2.75, 3.05) is 25.2 Å². The Hall–Kier alpha value is -3.33. The van der Waals surface area contributed by atoms with E-state index in [1.165, 1.54) is 4.90 Å². The standard InChI is InChI=1S/C29H33NO7S/c1-5-6-7-11-36-22-9-8-19(15-23(22)35-4)25-24-26(31)21-14-17(2)13-18(3)27(21)37-28(24)29(32)30(25)20-10-12-38(33,34)16-20/h8-9,13-15,20,25H,5-7,10-12,16H2,1-4H3. The number of benzene rings is 2. The summed E-state index contributed by atoms with van der Waals surface area (Å²) < 4.78 is 42.5. The van der Waals surface area contributed by atoms with Gasteiger partial charge in [-0.25, -0.2) is 8.42 Å². The Morgan fingerprint density at radius 3 is 2.55 bits per heavy atom. The fourth-order valence-electron chi connectivity index (χ4n) is 5.65. The Kier molecular flexibility index (Phi) is 6.98. The summed E-state index contributed by atoms with van der Waals surface area (Å²) in [4.78, 5) is 29.3. The van der Waals surface area contributed by atoms with Gasteiger partial charge < -0.3 is 18.8 Å². The summed E-state index contributed by atoms with van der Waals surface area (Å²) in [5.41, 5.74) is 2.63. The molecule has 38 heavy (non-hydrogen) atoms. The second-order valence-electron chi connectivity index (χ2n) is 10.3. The summed E-state index contributed by atoms with van der Waals surface area (Å²) in [5, 5.41) is 0.405. The van der Waals surface area contributed by atoms with E-state index in [1.807, 2.05) is 26.0 Å². The lowest BCUT2D eigenvalue weighted by molar-refractivity contribution is 0.0662. The predicted octanol–water partition coefficient (Wildman–Crippen LogP) is 4.72. The molecule has 0 bridgehead atoms. The predicted molar refractivity (Wildman–Crippen MR) is 145 cm³/mol. The number of aryl methyl sites for hydroxylation is 2. The molecule has 1 aromatic heterocycles. The fourth-order valence-corrected chi connectivity index (χ4v) is 7.36. The van der Waals surface area contributed by atoms with Crippen LogP contribution in [0.2, 0.25) is 0 Å². The van der Waals surface area contributed by atoms with Crippen LogP contribution in [-0.4, -0.2) is 50.5 Å². The molecule has 8 nitrogen and oxygen atoms in total. The molecule has 1 fully saturated rings. The van der Waals surface area contributed by atoms with E-state index in [9.17, 15) is 18.0 Å². The van der Waals surface area contributed by atoms with Crippen molar-refractivity contribution >= 4 is 26.7 Å². The lowest BCUT2D eigenvalue weighted by Gasteiger charge is -2.30. The third kappa shape index (κ3) is 4.57. The van der Waals surface area contributed by atoms with Crippen molar-refractivity contribution in [2.24, 2.45) is 0 Å². The van der Waals surface area contributed by atoms with Gasteiger partial charge in [0.25, 0.3) is 5.91 Å². The number of unbranched alkanes of at least 4 members (excludes halogenated alkanes) is 2. The van der Waals surface area contributed by atoms with Crippen LogP contribution >= 0.6 is 0 Å². The first kappa shape index (κ1) is 26.3. The molecular formula is C29H33NO7S. The van der Waals surface area contributed by atoms with E-state index in [4.69, 9.17) is 13.9 Å². The number of nitrogens with zero attached hydrogens (tertiary/aromatic N) is 1. The molecule has 5 rings (SSSR count). The number of hydrogen-bond donors (Lipinski definition) is 0. The molecule has 0 aliphatic carbocycles. The molecule has 0 radical (unpaired) electrons. The highest BCUT2D eigenvalue weighted by Gasteiger charge is 2.48. The van der Waals surface area contributed by atoms with Gasteiger partial charge in [-0.05, 0) is 61.6 Å². The van der Waals surface area contributed by atoms with Crippen molar-refractivity contribution in [3.63, 3.8) is 0 Å². The molecule has 2 aromatic carbocycles. The summed E-state index contributed by atoms with van der Waals surface area (Å²) in [5.74, 6) is 0.414. The van der Waals surface area contributed by atoms with E-state index in [0.29, 0.717) is 41.1 Å². The number of amides is 1. The lowest BCUT2D eigenvalue weighted by Crippen LogP contribution is -2.40. The van der Waals surface area contributed by atoms with Crippen molar-refractivity contribution in [1.29, 1.82) is 0 Å². The van der Waals surface area contributed by atoms with Crippen LogP contribution in [0.4, 0.5) is 0 Å². The molecular weight excluding hydrogens is 506 g/mol. The zero-order chi connectivity index (χ0) is 27.2. The van der Waals surface area contributed by atoms with Gasteiger partial charge in [0, 0.05) is 6.04 Å². The fraction of sp³-hybridized carbons (Fsp3) is 0.448. The third-order valence-electron chi connectivity index (χ3n) is 7.45. The highest BCUT2D eigenvalue weighted by atomic mass is 32.2. The molecule has 0 N–H and O–H groups in total. The molecule has 2 aliphatic heterocycles. The normalized spacial score (nSPS) is 20.2. The molecule has 0 spiro atoms. The smallest absolute Gasteiger partial charge is 0.291 e. The zero-order valence-electron chi connectivity index (χ0n) is 22.2. The van der Waals surface area contributed by atoms with Gasteiger partial charge in [-0.1, -0.05) is 31.9 Å². The number of hydrogen-bond acceptors (Lipinski definition) is 7. The maximum atomic E-state index is 14.0. The largest absolute Gasteiger partial charge is 0.493 e. The maximum absolute atomic E-state index is 14.0. The van der Waals surface area contributed by atoms with Crippen molar-refractivity contribution in [3.8, 4) is 11.5 Å². The molecule has 1 saturated heterocycles. The van der Waals surface area contributed by atoms with Crippen LogP contribution in [-0.2, 0) is 9.84 Å². The maximum Gasteiger partial charge on any atom is 0.291 e. The van der Waals surface area contributed by atoms with Crippen molar-refractivity contribution < 1.29 is 27.1 Å². The molecule has 202 valence electrons. The van der Waals surface area contributed by atoms with E-state index in [1.54, 1.807) is 25.3 Å². The molecule has 1 amide bonds. The summed E-state index contributed by atoms with van der Waals surface area (Å²) in [6, 6.07) is 7.66. The van der Waals surface area contributed by atoms with Gasteiger partial charge in [-0.15, -0.1) is 0 Å². The number of methoxy groups -OCH3 is 1. The van der Waals surface area contributed by atoms with E-state index >= 15 is 0 Å². The molecule has 2 atom stereocenters. The topological polar surface area (TPSA) is 103 Å². The average Bonchev–Trinajstić information content (AvgIpc) is 3.38. The van der Waals surface area contributed by atoms with E-state index in [-0.39, 0.29) is 28.3 Å². The number of rotatable bonds is 8. The quantitative estimate of drug-likeness (QED) is 0.382. The Balaban J connectivity index is 1.66. The van der Waals surface area contributed by atoms with Gasteiger partial charge in [0.2, 0.25) is 5.76 Å². The Morgan fingerprint density at radius 1 is 1.08 bits per heavy atom. The Morgan fingerprint density at radius 2 is 1.87 bits per heavy atom. The first-order valence-corrected chi connectivity index (χ1v) is 14.9. The van der Waals surface area contributed by atoms with Crippen LogP contribution < -0.4 is 14.9 Å². The van der Waals surface area contributed by atoms with Crippen molar-refractivity contribution in [2.45, 2.75) is 58.5 Å². The van der Waals surface area contributed by atoms with Crippen molar-refractivity contribution in [3.05, 3.63) is 68.6 Å². The van der Waals surface area contributed by atoms with Gasteiger partial charge in [0.1, 0.15) is 5.58 Å².